The van der Waals surface area contributed by atoms with Gasteiger partial charge in [-0.05, 0) is 26.7 Å². The lowest BCUT2D eigenvalue weighted by atomic mass is 10.1. The van der Waals surface area contributed by atoms with Gasteiger partial charge in [-0.3, -0.25) is 4.79 Å². The van der Waals surface area contributed by atoms with Crippen LogP contribution in [-0.4, -0.2) is 41.5 Å². The number of nitrogens with one attached hydrogen (secondary N) is 1. The predicted octanol–water partition coefficient (Wildman–Crippen LogP) is 1.59. The summed E-state index contributed by atoms with van der Waals surface area (Å²) in [6.45, 7) is 6.74. The van der Waals surface area contributed by atoms with Crippen LogP contribution in [0.4, 0.5) is 0 Å². The lowest BCUT2D eigenvalue weighted by Gasteiger charge is -2.32. The van der Waals surface area contributed by atoms with E-state index in [1.807, 2.05) is 11.8 Å². The average Bonchev–Trinajstić information content (AvgIpc) is 2.75. The average molecular weight is 267 g/mol. The van der Waals surface area contributed by atoms with Crippen molar-refractivity contribution < 1.29 is 4.79 Å². The zero-order chi connectivity index (χ0) is 13.0. The summed E-state index contributed by atoms with van der Waals surface area (Å²) in [6, 6.07) is 0.420. The molecule has 1 aliphatic heterocycles. The summed E-state index contributed by atoms with van der Waals surface area (Å²) in [5.41, 5.74) is 1.12. The number of aromatic nitrogens is 1. The molecule has 1 saturated heterocycles. The summed E-state index contributed by atoms with van der Waals surface area (Å²) in [7, 11) is 0. The van der Waals surface area contributed by atoms with Crippen molar-refractivity contribution in [3.63, 3.8) is 0 Å². The van der Waals surface area contributed by atoms with E-state index in [1.165, 1.54) is 0 Å². The lowest BCUT2D eigenvalue weighted by molar-refractivity contribution is -0.132. The third-order valence-corrected chi connectivity index (χ3v) is 4.03. The van der Waals surface area contributed by atoms with Gasteiger partial charge >= 0.3 is 0 Å². The highest BCUT2D eigenvalue weighted by molar-refractivity contribution is 7.09. The number of hydrogen-bond donors (Lipinski definition) is 1. The number of carbonyl (C=O) groups excluding carboxylic acids is 1. The van der Waals surface area contributed by atoms with Gasteiger partial charge in [-0.1, -0.05) is 0 Å². The van der Waals surface area contributed by atoms with E-state index in [1.54, 1.807) is 11.3 Å². The molecule has 0 aliphatic carbocycles. The van der Waals surface area contributed by atoms with Gasteiger partial charge in [0.05, 0.1) is 10.7 Å². The monoisotopic (exact) mass is 267 g/mol. The fraction of sp³-hybridized carbons (Fsp3) is 0.692. The Labute approximate surface area is 112 Å². The zero-order valence-electron chi connectivity index (χ0n) is 11.1. The molecule has 18 heavy (non-hydrogen) atoms. The van der Waals surface area contributed by atoms with Gasteiger partial charge in [0.25, 0.3) is 0 Å². The molecule has 0 aromatic carbocycles. The fourth-order valence-electron chi connectivity index (χ4n) is 2.26. The molecule has 1 aromatic heterocycles. The van der Waals surface area contributed by atoms with Gasteiger partial charge in [-0.15, -0.1) is 11.3 Å². The Balaban J connectivity index is 1.71. The zero-order valence-corrected chi connectivity index (χ0v) is 11.9. The van der Waals surface area contributed by atoms with Crippen molar-refractivity contribution in [2.75, 3.05) is 19.6 Å². The van der Waals surface area contributed by atoms with Crippen molar-refractivity contribution in [2.45, 2.75) is 39.2 Å². The standard InChI is InChI=1S/C13H21N3OS/c1-10-8-16(7-6-14-10)13(17)5-3-4-12-9-18-11(2)15-12/h9-10,14H,3-8H2,1-2H3. The second-order valence-corrected chi connectivity index (χ2v) is 5.97. The van der Waals surface area contributed by atoms with Crippen LogP contribution >= 0.6 is 11.3 Å². The van der Waals surface area contributed by atoms with E-state index in [0.717, 1.165) is 43.2 Å². The summed E-state index contributed by atoms with van der Waals surface area (Å²) in [5.74, 6) is 0.287. The molecule has 1 fully saturated rings. The number of amides is 1. The fourth-order valence-corrected chi connectivity index (χ4v) is 2.91. The summed E-state index contributed by atoms with van der Waals surface area (Å²) >= 11 is 1.68. The highest BCUT2D eigenvalue weighted by Gasteiger charge is 2.19. The Morgan fingerprint density at radius 1 is 1.67 bits per heavy atom. The minimum Gasteiger partial charge on any atom is -0.340 e. The largest absolute Gasteiger partial charge is 0.340 e. The lowest BCUT2D eigenvalue weighted by Crippen LogP contribution is -2.51. The first-order valence-electron chi connectivity index (χ1n) is 6.57. The molecule has 100 valence electrons. The van der Waals surface area contributed by atoms with Gasteiger partial charge in [0.1, 0.15) is 0 Å². The molecule has 1 aliphatic rings. The third-order valence-electron chi connectivity index (χ3n) is 3.21. The number of aryl methyl sites for hydroxylation is 2. The van der Waals surface area contributed by atoms with Crippen LogP contribution in [0.1, 0.15) is 30.5 Å². The predicted molar refractivity (Wildman–Crippen MR) is 73.8 cm³/mol. The van der Waals surface area contributed by atoms with Crippen LogP contribution in [0.3, 0.4) is 0 Å². The summed E-state index contributed by atoms with van der Waals surface area (Å²) in [4.78, 5) is 18.4. The van der Waals surface area contributed by atoms with Crippen molar-refractivity contribution in [3.05, 3.63) is 16.1 Å². The maximum Gasteiger partial charge on any atom is 0.222 e. The Hall–Kier alpha value is -0.940. The molecule has 0 bridgehead atoms. The van der Waals surface area contributed by atoms with Crippen molar-refractivity contribution in [1.29, 1.82) is 0 Å². The number of carbonyl (C=O) groups is 1. The number of piperazine rings is 1. The van der Waals surface area contributed by atoms with Crippen LogP contribution < -0.4 is 5.32 Å². The highest BCUT2D eigenvalue weighted by Crippen LogP contribution is 2.11. The number of rotatable bonds is 4. The first-order chi connectivity index (χ1) is 8.65. The van der Waals surface area contributed by atoms with Gasteiger partial charge in [0.15, 0.2) is 0 Å². The van der Waals surface area contributed by atoms with E-state index < -0.39 is 0 Å². The maximum absolute atomic E-state index is 12.0. The van der Waals surface area contributed by atoms with Crippen LogP contribution in [0.25, 0.3) is 0 Å². The Morgan fingerprint density at radius 2 is 2.50 bits per heavy atom. The van der Waals surface area contributed by atoms with Crippen LogP contribution in [0.2, 0.25) is 0 Å². The molecule has 1 atom stereocenters. The second-order valence-electron chi connectivity index (χ2n) is 4.91. The van der Waals surface area contributed by atoms with Gasteiger partial charge in [0, 0.05) is 37.5 Å². The van der Waals surface area contributed by atoms with E-state index >= 15 is 0 Å². The van der Waals surface area contributed by atoms with E-state index in [4.69, 9.17) is 0 Å². The quantitative estimate of drug-likeness (QED) is 0.901. The summed E-state index contributed by atoms with van der Waals surface area (Å²) < 4.78 is 0. The molecule has 0 radical (unpaired) electrons. The molecular formula is C13H21N3OS. The minimum absolute atomic E-state index is 0.287. The van der Waals surface area contributed by atoms with Gasteiger partial charge in [-0.2, -0.15) is 0 Å². The van der Waals surface area contributed by atoms with E-state index in [9.17, 15) is 4.79 Å². The first-order valence-corrected chi connectivity index (χ1v) is 7.45. The van der Waals surface area contributed by atoms with Gasteiger partial charge in [0.2, 0.25) is 5.91 Å². The molecule has 2 rings (SSSR count). The molecule has 1 amide bonds. The molecule has 0 spiro atoms. The Kier molecular flexibility index (Phi) is 4.72. The van der Waals surface area contributed by atoms with E-state index in [0.29, 0.717) is 12.5 Å². The number of thiazole rings is 1. The van der Waals surface area contributed by atoms with Gasteiger partial charge < -0.3 is 10.2 Å². The van der Waals surface area contributed by atoms with Crippen LogP contribution in [-0.2, 0) is 11.2 Å². The van der Waals surface area contributed by atoms with Gasteiger partial charge in [-0.25, -0.2) is 4.98 Å². The maximum atomic E-state index is 12.0. The molecular weight excluding hydrogens is 246 g/mol. The highest BCUT2D eigenvalue weighted by atomic mass is 32.1. The van der Waals surface area contributed by atoms with Crippen LogP contribution in [0, 0.1) is 6.92 Å². The summed E-state index contributed by atoms with van der Waals surface area (Å²) in [6.07, 6.45) is 2.46. The molecule has 4 nitrogen and oxygen atoms in total. The molecule has 1 unspecified atom stereocenters. The molecule has 5 heteroatoms. The number of hydrogen-bond acceptors (Lipinski definition) is 4. The van der Waals surface area contributed by atoms with E-state index in [2.05, 4.69) is 22.6 Å². The van der Waals surface area contributed by atoms with Crippen molar-refractivity contribution in [2.24, 2.45) is 0 Å². The van der Waals surface area contributed by atoms with Crippen molar-refractivity contribution in [3.8, 4) is 0 Å². The minimum atomic E-state index is 0.287. The summed E-state index contributed by atoms with van der Waals surface area (Å²) in [5, 5.41) is 6.54. The Bertz CT molecular complexity index is 405. The SMILES string of the molecule is Cc1nc(CCCC(=O)N2CCNC(C)C2)cs1. The topological polar surface area (TPSA) is 45.2 Å². The van der Waals surface area contributed by atoms with Crippen LogP contribution in [0.15, 0.2) is 5.38 Å². The smallest absolute Gasteiger partial charge is 0.222 e. The van der Waals surface area contributed by atoms with Crippen molar-refractivity contribution >= 4 is 17.2 Å². The molecule has 0 saturated carbocycles. The third kappa shape index (κ3) is 3.78. The molecule has 1 N–H and O–H groups in total. The normalized spacial score (nSPS) is 20.1. The second kappa shape index (κ2) is 6.29. The first kappa shape index (κ1) is 13.5. The Morgan fingerprint density at radius 3 is 3.17 bits per heavy atom. The number of nitrogens with zero attached hydrogens (tertiary/aromatic N) is 2. The van der Waals surface area contributed by atoms with Crippen molar-refractivity contribution in [1.82, 2.24) is 15.2 Å². The van der Waals surface area contributed by atoms with E-state index in [-0.39, 0.29) is 5.91 Å². The molecule has 2 heterocycles. The van der Waals surface area contributed by atoms with Crippen LogP contribution in [0.5, 0.6) is 0 Å². The molecule has 1 aromatic rings.